The number of nitrogens with two attached hydrogens (primary N) is 1. The van der Waals surface area contributed by atoms with Crippen molar-refractivity contribution >= 4 is 0 Å². The lowest BCUT2D eigenvalue weighted by Crippen LogP contribution is -1.97. The van der Waals surface area contributed by atoms with E-state index >= 15 is 0 Å². The van der Waals surface area contributed by atoms with Crippen LogP contribution in [0.5, 0.6) is 0 Å². The molecule has 0 aromatic carbocycles. The first-order chi connectivity index (χ1) is 6.33. The fourth-order valence-electron chi connectivity index (χ4n) is 1.42. The molecule has 2 heteroatoms. The molecular formula is C11H19NO. The molecule has 74 valence electrons. The van der Waals surface area contributed by atoms with Crippen LogP contribution in [0.3, 0.4) is 0 Å². The zero-order valence-electron chi connectivity index (χ0n) is 8.38. The van der Waals surface area contributed by atoms with Crippen LogP contribution in [-0.2, 0) is 6.42 Å². The van der Waals surface area contributed by atoms with E-state index in [0.717, 1.165) is 30.9 Å². The highest BCUT2D eigenvalue weighted by molar-refractivity contribution is 5.05. The van der Waals surface area contributed by atoms with Crippen molar-refractivity contribution in [1.29, 1.82) is 0 Å². The summed E-state index contributed by atoms with van der Waals surface area (Å²) in [5.74, 6) is 2.13. The van der Waals surface area contributed by atoms with Crippen molar-refractivity contribution in [3.05, 3.63) is 23.7 Å². The van der Waals surface area contributed by atoms with Gasteiger partial charge in [0.1, 0.15) is 11.5 Å². The van der Waals surface area contributed by atoms with E-state index in [1.165, 1.54) is 19.3 Å². The third kappa shape index (κ3) is 4.13. The third-order valence-corrected chi connectivity index (χ3v) is 2.17. The van der Waals surface area contributed by atoms with E-state index < -0.39 is 0 Å². The van der Waals surface area contributed by atoms with Crippen molar-refractivity contribution in [2.45, 2.75) is 39.0 Å². The highest BCUT2D eigenvalue weighted by Crippen LogP contribution is 2.10. The quantitative estimate of drug-likeness (QED) is 0.685. The Morgan fingerprint density at radius 3 is 2.54 bits per heavy atom. The van der Waals surface area contributed by atoms with Crippen LogP contribution in [0.1, 0.15) is 37.2 Å². The Morgan fingerprint density at radius 2 is 1.92 bits per heavy atom. The molecule has 0 aliphatic rings. The zero-order valence-corrected chi connectivity index (χ0v) is 8.38. The van der Waals surface area contributed by atoms with Crippen LogP contribution in [0.4, 0.5) is 0 Å². The molecule has 0 bridgehead atoms. The molecule has 0 unspecified atom stereocenters. The van der Waals surface area contributed by atoms with Gasteiger partial charge in [-0.2, -0.15) is 0 Å². The molecule has 0 atom stereocenters. The summed E-state index contributed by atoms with van der Waals surface area (Å²) in [7, 11) is 0. The minimum atomic E-state index is 0.819. The Hall–Kier alpha value is -0.760. The van der Waals surface area contributed by atoms with Crippen LogP contribution in [-0.4, -0.2) is 6.54 Å². The third-order valence-electron chi connectivity index (χ3n) is 2.17. The van der Waals surface area contributed by atoms with Crippen molar-refractivity contribution in [1.82, 2.24) is 0 Å². The number of hydrogen-bond acceptors (Lipinski definition) is 2. The Bertz CT molecular complexity index is 230. The van der Waals surface area contributed by atoms with Crippen LogP contribution in [0.2, 0.25) is 0 Å². The van der Waals surface area contributed by atoms with Gasteiger partial charge >= 0.3 is 0 Å². The Kier molecular flexibility index (Phi) is 4.61. The molecule has 1 aromatic heterocycles. The lowest BCUT2D eigenvalue weighted by Gasteiger charge is -1.97. The van der Waals surface area contributed by atoms with Gasteiger partial charge in [0.15, 0.2) is 0 Å². The van der Waals surface area contributed by atoms with E-state index in [1.54, 1.807) is 0 Å². The van der Waals surface area contributed by atoms with E-state index in [4.69, 9.17) is 10.2 Å². The fourth-order valence-corrected chi connectivity index (χ4v) is 1.42. The number of hydrogen-bond donors (Lipinski definition) is 1. The number of unbranched alkanes of at least 4 members (excludes halogenated alkanes) is 3. The van der Waals surface area contributed by atoms with Crippen molar-refractivity contribution < 1.29 is 4.42 Å². The molecule has 0 amide bonds. The van der Waals surface area contributed by atoms with Gasteiger partial charge in [0, 0.05) is 6.42 Å². The van der Waals surface area contributed by atoms with Gasteiger partial charge in [-0.15, -0.1) is 0 Å². The monoisotopic (exact) mass is 181 g/mol. The van der Waals surface area contributed by atoms with Gasteiger partial charge in [-0.1, -0.05) is 12.8 Å². The zero-order chi connectivity index (χ0) is 9.52. The summed E-state index contributed by atoms with van der Waals surface area (Å²) < 4.78 is 5.47. The predicted octanol–water partition coefficient (Wildman–Crippen LogP) is 2.65. The van der Waals surface area contributed by atoms with Gasteiger partial charge in [0.05, 0.1) is 0 Å². The predicted molar refractivity (Wildman–Crippen MR) is 54.7 cm³/mol. The smallest absolute Gasteiger partial charge is 0.104 e. The van der Waals surface area contributed by atoms with Crippen LogP contribution >= 0.6 is 0 Å². The van der Waals surface area contributed by atoms with Crippen molar-refractivity contribution in [3.63, 3.8) is 0 Å². The van der Waals surface area contributed by atoms with Crippen molar-refractivity contribution in [3.8, 4) is 0 Å². The molecular weight excluding hydrogens is 162 g/mol. The van der Waals surface area contributed by atoms with Gasteiger partial charge < -0.3 is 10.2 Å². The van der Waals surface area contributed by atoms with Crippen LogP contribution in [0.15, 0.2) is 16.5 Å². The molecule has 0 fully saturated rings. The minimum Gasteiger partial charge on any atom is -0.466 e. The fraction of sp³-hybridized carbons (Fsp3) is 0.636. The summed E-state index contributed by atoms with van der Waals surface area (Å²) >= 11 is 0. The van der Waals surface area contributed by atoms with Gasteiger partial charge in [-0.05, 0) is 38.4 Å². The highest BCUT2D eigenvalue weighted by atomic mass is 16.3. The first-order valence-corrected chi connectivity index (χ1v) is 5.08. The summed E-state index contributed by atoms with van der Waals surface area (Å²) in [6.45, 7) is 2.80. The molecule has 0 saturated heterocycles. The van der Waals surface area contributed by atoms with E-state index in [0.29, 0.717) is 0 Å². The van der Waals surface area contributed by atoms with E-state index in [-0.39, 0.29) is 0 Å². The maximum Gasteiger partial charge on any atom is 0.104 e. The topological polar surface area (TPSA) is 39.2 Å². The molecule has 2 N–H and O–H groups in total. The Morgan fingerprint density at radius 1 is 1.15 bits per heavy atom. The standard InChI is InChI=1S/C11H19NO/c1-10-7-8-11(13-10)6-4-2-3-5-9-12/h7-8H,2-6,9,12H2,1H3. The number of furan rings is 1. The molecule has 0 aliphatic heterocycles. The summed E-state index contributed by atoms with van der Waals surface area (Å²) in [6.07, 6.45) is 5.94. The molecule has 13 heavy (non-hydrogen) atoms. The molecule has 1 heterocycles. The molecule has 0 spiro atoms. The summed E-state index contributed by atoms with van der Waals surface area (Å²) in [6, 6.07) is 4.09. The average molecular weight is 181 g/mol. The average Bonchev–Trinajstić information content (AvgIpc) is 2.51. The molecule has 1 aromatic rings. The number of rotatable bonds is 6. The summed E-state index contributed by atoms with van der Waals surface area (Å²) in [4.78, 5) is 0. The molecule has 2 nitrogen and oxygen atoms in total. The Labute approximate surface area is 80.1 Å². The first-order valence-electron chi connectivity index (χ1n) is 5.08. The van der Waals surface area contributed by atoms with E-state index in [2.05, 4.69) is 6.07 Å². The molecule has 0 saturated carbocycles. The lowest BCUT2D eigenvalue weighted by atomic mass is 10.1. The normalized spacial score (nSPS) is 10.6. The second kappa shape index (κ2) is 5.81. The lowest BCUT2D eigenvalue weighted by molar-refractivity contribution is 0.471. The molecule has 0 aliphatic carbocycles. The summed E-state index contributed by atoms with van der Waals surface area (Å²) in [5.41, 5.74) is 5.41. The van der Waals surface area contributed by atoms with Gasteiger partial charge in [0.2, 0.25) is 0 Å². The van der Waals surface area contributed by atoms with Crippen molar-refractivity contribution in [2.75, 3.05) is 6.54 Å². The molecule has 0 radical (unpaired) electrons. The number of aryl methyl sites for hydroxylation is 2. The maximum atomic E-state index is 5.47. The second-order valence-corrected chi connectivity index (χ2v) is 3.47. The van der Waals surface area contributed by atoms with Crippen LogP contribution < -0.4 is 5.73 Å². The Balaban J connectivity index is 2.06. The van der Waals surface area contributed by atoms with Crippen molar-refractivity contribution in [2.24, 2.45) is 5.73 Å². The maximum absolute atomic E-state index is 5.47. The highest BCUT2D eigenvalue weighted by Gasteiger charge is 1.97. The first kappa shape index (κ1) is 10.3. The van der Waals surface area contributed by atoms with Gasteiger partial charge in [-0.25, -0.2) is 0 Å². The van der Waals surface area contributed by atoms with E-state index in [9.17, 15) is 0 Å². The van der Waals surface area contributed by atoms with Gasteiger partial charge in [-0.3, -0.25) is 0 Å². The van der Waals surface area contributed by atoms with Crippen LogP contribution in [0, 0.1) is 6.92 Å². The summed E-state index contributed by atoms with van der Waals surface area (Å²) in [5, 5.41) is 0. The second-order valence-electron chi connectivity index (χ2n) is 3.47. The van der Waals surface area contributed by atoms with Crippen LogP contribution in [0.25, 0.3) is 0 Å². The minimum absolute atomic E-state index is 0.819. The van der Waals surface area contributed by atoms with E-state index in [1.807, 2.05) is 13.0 Å². The largest absolute Gasteiger partial charge is 0.466 e. The molecule has 1 rings (SSSR count). The van der Waals surface area contributed by atoms with Gasteiger partial charge in [0.25, 0.3) is 0 Å². The SMILES string of the molecule is Cc1ccc(CCCCCCN)o1.